The molecule has 2 saturated carbocycles. The van der Waals surface area contributed by atoms with Gasteiger partial charge in [0.2, 0.25) is 5.91 Å². The molecule has 1 aromatic carbocycles. The number of hydrogen-bond donors (Lipinski definition) is 1. The Morgan fingerprint density at radius 3 is 2.93 bits per heavy atom. The minimum atomic E-state index is -0.299. The summed E-state index contributed by atoms with van der Waals surface area (Å²) in [7, 11) is 1.79. The Morgan fingerprint density at radius 1 is 1.41 bits per heavy atom. The monoisotopic (exact) mass is 364 g/mol. The normalized spacial score (nSPS) is 27.3. The van der Waals surface area contributed by atoms with Crippen molar-refractivity contribution in [2.45, 2.75) is 25.7 Å². The van der Waals surface area contributed by atoms with E-state index in [0.717, 1.165) is 42.6 Å². The standard InChI is InChI=1S/C21H21FN4O/c1-25(9-8-23)19(27)20-7-6-15-10-18-14(11-21(15,20)13-20)12-24-26(18)17-4-2-16(22)3-5-17/h2-5,8,10,12,23H,6-7,9,11,13H2,1H3/t20?,21-/m1/s1. The molecule has 27 heavy (non-hydrogen) atoms. The fraction of sp³-hybridized carbons (Fsp3) is 0.381. The number of nitrogens with one attached hydrogen (secondary N) is 1. The third-order valence-corrected chi connectivity index (χ3v) is 6.71. The van der Waals surface area contributed by atoms with Crippen molar-refractivity contribution in [3.05, 3.63) is 53.1 Å². The summed E-state index contributed by atoms with van der Waals surface area (Å²) in [5, 5.41) is 11.8. The number of carbonyl (C=O) groups excluding carboxylic acids is 1. The Morgan fingerprint density at radius 2 is 2.19 bits per heavy atom. The van der Waals surface area contributed by atoms with Gasteiger partial charge in [-0.1, -0.05) is 5.57 Å². The van der Waals surface area contributed by atoms with Crippen molar-refractivity contribution in [1.29, 1.82) is 5.41 Å². The van der Waals surface area contributed by atoms with E-state index in [4.69, 9.17) is 5.41 Å². The van der Waals surface area contributed by atoms with Crippen LogP contribution in [0.15, 0.2) is 36.0 Å². The second-order valence-electron chi connectivity index (χ2n) is 8.02. The van der Waals surface area contributed by atoms with E-state index in [0.29, 0.717) is 6.54 Å². The lowest BCUT2D eigenvalue weighted by molar-refractivity contribution is -0.135. The summed E-state index contributed by atoms with van der Waals surface area (Å²) in [4.78, 5) is 14.7. The molecule has 1 N–H and O–H groups in total. The second kappa shape index (κ2) is 5.38. The summed E-state index contributed by atoms with van der Waals surface area (Å²) in [6.07, 6.45) is 8.91. The molecule has 1 unspecified atom stereocenters. The number of hydrogen-bond acceptors (Lipinski definition) is 3. The van der Waals surface area contributed by atoms with Crippen LogP contribution < -0.4 is 0 Å². The van der Waals surface area contributed by atoms with Crippen molar-refractivity contribution in [3.63, 3.8) is 0 Å². The van der Waals surface area contributed by atoms with Crippen molar-refractivity contribution < 1.29 is 9.18 Å². The lowest BCUT2D eigenvalue weighted by atomic mass is 9.81. The molecule has 2 atom stereocenters. The van der Waals surface area contributed by atoms with E-state index < -0.39 is 0 Å². The number of fused-ring (bicyclic) bond motifs is 1. The van der Waals surface area contributed by atoms with Gasteiger partial charge in [0.1, 0.15) is 5.82 Å². The molecule has 1 aromatic heterocycles. The molecule has 2 fully saturated rings. The molecule has 3 aliphatic rings. The Bertz CT molecular complexity index is 992. The largest absolute Gasteiger partial charge is 0.340 e. The molecule has 5 nitrogen and oxygen atoms in total. The van der Waals surface area contributed by atoms with E-state index in [1.54, 1.807) is 24.1 Å². The maximum atomic E-state index is 13.2. The number of benzene rings is 1. The number of amides is 1. The smallest absolute Gasteiger partial charge is 0.229 e. The molecule has 2 aromatic rings. The van der Waals surface area contributed by atoms with Crippen molar-refractivity contribution >= 4 is 18.2 Å². The number of nitrogens with zero attached hydrogens (tertiary/aromatic N) is 3. The van der Waals surface area contributed by atoms with E-state index in [1.165, 1.54) is 23.9 Å². The molecule has 1 amide bonds. The Hall–Kier alpha value is -2.76. The first-order valence-corrected chi connectivity index (χ1v) is 9.29. The van der Waals surface area contributed by atoms with Gasteiger partial charge in [-0.3, -0.25) is 4.79 Å². The van der Waals surface area contributed by atoms with E-state index in [9.17, 15) is 9.18 Å². The van der Waals surface area contributed by atoms with Crippen LogP contribution in [0.1, 0.15) is 30.5 Å². The van der Waals surface area contributed by atoms with Crippen LogP contribution >= 0.6 is 0 Å². The summed E-state index contributed by atoms with van der Waals surface area (Å²) in [5.41, 5.74) is 4.01. The third-order valence-electron chi connectivity index (χ3n) is 6.71. The third kappa shape index (κ3) is 2.07. The van der Waals surface area contributed by atoms with Gasteiger partial charge in [0, 0.05) is 18.7 Å². The van der Waals surface area contributed by atoms with Gasteiger partial charge in [0.05, 0.1) is 29.5 Å². The minimum absolute atomic E-state index is 0.0654. The fourth-order valence-electron chi connectivity index (χ4n) is 5.29. The molecular weight excluding hydrogens is 343 g/mol. The summed E-state index contributed by atoms with van der Waals surface area (Å²) in [6, 6.07) is 6.36. The van der Waals surface area contributed by atoms with Crippen LogP contribution in [0.3, 0.4) is 0 Å². The summed E-state index contributed by atoms with van der Waals surface area (Å²) in [5.74, 6) is -0.0908. The number of carbonyl (C=O) groups is 1. The van der Waals surface area contributed by atoms with Crippen molar-refractivity contribution in [2.75, 3.05) is 13.6 Å². The van der Waals surface area contributed by atoms with Gasteiger partial charge in [0.15, 0.2) is 0 Å². The quantitative estimate of drug-likeness (QED) is 0.847. The molecule has 1 heterocycles. The van der Waals surface area contributed by atoms with Crippen molar-refractivity contribution in [3.8, 4) is 5.69 Å². The van der Waals surface area contributed by atoms with Crippen LogP contribution in [0.25, 0.3) is 11.8 Å². The lowest BCUT2D eigenvalue weighted by Gasteiger charge is -2.26. The maximum absolute atomic E-state index is 13.2. The average Bonchev–Trinajstić information content (AvgIpc) is 2.95. The van der Waals surface area contributed by atoms with Crippen LogP contribution in [0.4, 0.5) is 4.39 Å². The highest BCUT2D eigenvalue weighted by atomic mass is 19.1. The Balaban J connectivity index is 1.51. The first kappa shape index (κ1) is 16.4. The van der Waals surface area contributed by atoms with Crippen LogP contribution in [-0.2, 0) is 11.2 Å². The molecule has 0 saturated heterocycles. The number of allylic oxidation sites excluding steroid dienone is 1. The highest BCUT2D eigenvalue weighted by Gasteiger charge is 2.76. The van der Waals surface area contributed by atoms with Crippen LogP contribution in [-0.4, -0.2) is 40.4 Å². The van der Waals surface area contributed by atoms with E-state index >= 15 is 0 Å². The van der Waals surface area contributed by atoms with E-state index in [1.807, 2.05) is 10.9 Å². The molecule has 1 spiro atoms. The molecule has 3 aliphatic carbocycles. The SMILES string of the molecule is CN(CC=N)C(=O)C12CCC3=Cc4c(cnn4-c4ccc(F)cc4)C[C@@]31C2. The molecule has 138 valence electrons. The summed E-state index contributed by atoms with van der Waals surface area (Å²) < 4.78 is 15.1. The number of rotatable bonds is 4. The van der Waals surface area contributed by atoms with Crippen LogP contribution in [0.5, 0.6) is 0 Å². The highest BCUT2D eigenvalue weighted by molar-refractivity contribution is 5.91. The average molecular weight is 364 g/mol. The van der Waals surface area contributed by atoms with Crippen molar-refractivity contribution in [1.82, 2.24) is 14.7 Å². The predicted molar refractivity (Wildman–Crippen MR) is 100 cm³/mol. The summed E-state index contributed by atoms with van der Waals surface area (Å²) in [6.45, 7) is 0.365. The zero-order valence-corrected chi connectivity index (χ0v) is 15.2. The lowest BCUT2D eigenvalue weighted by Crippen LogP contribution is -2.37. The van der Waals surface area contributed by atoms with Gasteiger partial charge < -0.3 is 10.3 Å². The zero-order valence-electron chi connectivity index (χ0n) is 15.2. The molecular formula is C21H21FN4O. The second-order valence-corrected chi connectivity index (χ2v) is 8.02. The summed E-state index contributed by atoms with van der Waals surface area (Å²) >= 11 is 0. The van der Waals surface area contributed by atoms with E-state index in [-0.39, 0.29) is 22.6 Å². The Labute approximate surface area is 157 Å². The molecule has 5 rings (SSSR count). The topological polar surface area (TPSA) is 62.0 Å². The number of halogens is 1. The Kier molecular flexibility index (Phi) is 3.27. The van der Waals surface area contributed by atoms with Gasteiger partial charge in [-0.25, -0.2) is 9.07 Å². The van der Waals surface area contributed by atoms with Gasteiger partial charge in [-0.15, -0.1) is 0 Å². The van der Waals surface area contributed by atoms with E-state index in [2.05, 4.69) is 11.2 Å². The van der Waals surface area contributed by atoms with Crippen molar-refractivity contribution in [2.24, 2.45) is 10.8 Å². The molecule has 0 bridgehead atoms. The zero-order chi connectivity index (χ0) is 18.8. The van der Waals surface area contributed by atoms with Gasteiger partial charge in [-0.05, 0) is 61.6 Å². The maximum Gasteiger partial charge on any atom is 0.229 e. The predicted octanol–water partition coefficient (Wildman–Crippen LogP) is 3.23. The minimum Gasteiger partial charge on any atom is -0.340 e. The number of aromatic nitrogens is 2. The molecule has 0 radical (unpaired) electrons. The van der Waals surface area contributed by atoms with Crippen LogP contribution in [0, 0.1) is 22.1 Å². The molecule has 6 heteroatoms. The van der Waals surface area contributed by atoms with Crippen LogP contribution in [0.2, 0.25) is 0 Å². The first-order chi connectivity index (χ1) is 13.0. The highest BCUT2D eigenvalue weighted by Crippen LogP contribution is 2.78. The fourth-order valence-corrected chi connectivity index (χ4v) is 5.29. The van der Waals surface area contributed by atoms with Gasteiger partial charge >= 0.3 is 0 Å². The first-order valence-electron chi connectivity index (χ1n) is 9.29. The molecule has 0 aliphatic heterocycles. The van der Waals surface area contributed by atoms with Gasteiger partial charge in [0.25, 0.3) is 0 Å². The van der Waals surface area contributed by atoms with Gasteiger partial charge in [-0.2, -0.15) is 5.10 Å².